The van der Waals surface area contributed by atoms with E-state index >= 15 is 0 Å². The standard InChI is InChI=1S/C12H14BrN3S/c1-16(6-7-17-2)12-14-8-9-4-3-5-10(13)11(9)15-12/h3-5,8H,6-7H2,1-2H3. The molecule has 0 fully saturated rings. The molecule has 0 amide bonds. The van der Waals surface area contributed by atoms with Gasteiger partial charge in [-0.3, -0.25) is 0 Å². The van der Waals surface area contributed by atoms with Crippen molar-refractivity contribution in [3.63, 3.8) is 0 Å². The van der Waals surface area contributed by atoms with Crippen LogP contribution in [0.5, 0.6) is 0 Å². The molecule has 1 heterocycles. The molecule has 1 aromatic heterocycles. The van der Waals surface area contributed by atoms with Crippen molar-refractivity contribution in [1.82, 2.24) is 9.97 Å². The molecule has 0 aliphatic carbocycles. The van der Waals surface area contributed by atoms with Crippen molar-refractivity contribution in [3.05, 3.63) is 28.9 Å². The van der Waals surface area contributed by atoms with E-state index in [0.717, 1.165) is 33.6 Å². The largest absolute Gasteiger partial charge is 0.343 e. The van der Waals surface area contributed by atoms with Crippen molar-refractivity contribution in [1.29, 1.82) is 0 Å². The minimum absolute atomic E-state index is 0.776. The predicted octanol–water partition coefficient (Wildman–Crippen LogP) is 3.19. The second-order valence-electron chi connectivity index (χ2n) is 3.76. The summed E-state index contributed by atoms with van der Waals surface area (Å²) in [5, 5.41) is 1.06. The van der Waals surface area contributed by atoms with Crippen LogP contribution in [-0.2, 0) is 0 Å². The molecule has 90 valence electrons. The SMILES string of the molecule is CSCCN(C)c1ncc2cccc(Br)c2n1. The van der Waals surface area contributed by atoms with Gasteiger partial charge in [0.2, 0.25) is 5.95 Å². The Labute approximate surface area is 114 Å². The third-order valence-corrected chi connectivity index (χ3v) is 3.75. The number of rotatable bonds is 4. The lowest BCUT2D eigenvalue weighted by Gasteiger charge is -2.16. The Morgan fingerprint density at radius 3 is 3.00 bits per heavy atom. The van der Waals surface area contributed by atoms with Gasteiger partial charge in [0, 0.05) is 35.4 Å². The molecule has 0 N–H and O–H groups in total. The van der Waals surface area contributed by atoms with E-state index in [-0.39, 0.29) is 0 Å². The maximum Gasteiger partial charge on any atom is 0.225 e. The highest BCUT2D eigenvalue weighted by Gasteiger charge is 2.06. The summed E-state index contributed by atoms with van der Waals surface area (Å²) in [6, 6.07) is 6.01. The summed E-state index contributed by atoms with van der Waals surface area (Å²) < 4.78 is 1.01. The minimum atomic E-state index is 0.776. The van der Waals surface area contributed by atoms with E-state index in [1.54, 1.807) is 0 Å². The highest BCUT2D eigenvalue weighted by Crippen LogP contribution is 2.22. The maximum absolute atomic E-state index is 4.59. The Morgan fingerprint density at radius 1 is 1.41 bits per heavy atom. The Hall–Kier alpha value is -0.810. The van der Waals surface area contributed by atoms with Gasteiger partial charge < -0.3 is 4.90 Å². The monoisotopic (exact) mass is 311 g/mol. The zero-order valence-corrected chi connectivity index (χ0v) is 12.3. The van der Waals surface area contributed by atoms with E-state index in [1.807, 2.05) is 43.2 Å². The van der Waals surface area contributed by atoms with Gasteiger partial charge in [-0.15, -0.1) is 0 Å². The minimum Gasteiger partial charge on any atom is -0.343 e. The van der Waals surface area contributed by atoms with Crippen molar-refractivity contribution >= 4 is 44.5 Å². The Balaban J connectivity index is 2.33. The molecule has 0 bridgehead atoms. The van der Waals surface area contributed by atoms with Crippen LogP contribution in [0.4, 0.5) is 5.95 Å². The molecule has 0 radical (unpaired) electrons. The quantitative estimate of drug-likeness (QED) is 0.867. The number of halogens is 1. The second-order valence-corrected chi connectivity index (χ2v) is 5.60. The molecule has 17 heavy (non-hydrogen) atoms. The van der Waals surface area contributed by atoms with Gasteiger partial charge in [0.05, 0.1) is 5.52 Å². The van der Waals surface area contributed by atoms with Crippen LogP contribution in [0.2, 0.25) is 0 Å². The molecule has 0 aliphatic heterocycles. The number of hydrogen-bond acceptors (Lipinski definition) is 4. The summed E-state index contributed by atoms with van der Waals surface area (Å²) in [6.07, 6.45) is 3.98. The summed E-state index contributed by atoms with van der Waals surface area (Å²) >= 11 is 5.34. The van der Waals surface area contributed by atoms with Crippen LogP contribution in [0.1, 0.15) is 0 Å². The molecule has 0 aliphatic rings. The molecular weight excluding hydrogens is 298 g/mol. The van der Waals surface area contributed by atoms with Crippen LogP contribution in [0.15, 0.2) is 28.9 Å². The number of benzene rings is 1. The fourth-order valence-electron chi connectivity index (χ4n) is 1.52. The number of aromatic nitrogens is 2. The fraction of sp³-hybridized carbons (Fsp3) is 0.333. The maximum atomic E-state index is 4.59. The molecule has 2 aromatic rings. The number of nitrogens with zero attached hydrogens (tertiary/aromatic N) is 3. The lowest BCUT2D eigenvalue weighted by molar-refractivity contribution is 0.917. The van der Waals surface area contributed by atoms with Crippen LogP contribution < -0.4 is 4.90 Å². The second kappa shape index (κ2) is 5.69. The van der Waals surface area contributed by atoms with Crippen molar-refractivity contribution in [2.24, 2.45) is 0 Å². The van der Waals surface area contributed by atoms with E-state index in [1.165, 1.54) is 0 Å². The zero-order chi connectivity index (χ0) is 12.3. The number of fused-ring (bicyclic) bond motifs is 1. The van der Waals surface area contributed by atoms with E-state index < -0.39 is 0 Å². The zero-order valence-electron chi connectivity index (χ0n) is 9.85. The average molecular weight is 312 g/mol. The topological polar surface area (TPSA) is 29.0 Å². The third-order valence-electron chi connectivity index (χ3n) is 2.52. The van der Waals surface area contributed by atoms with Crippen LogP contribution in [0.25, 0.3) is 10.9 Å². The van der Waals surface area contributed by atoms with Crippen LogP contribution in [0.3, 0.4) is 0 Å². The van der Waals surface area contributed by atoms with Crippen molar-refractivity contribution < 1.29 is 0 Å². The van der Waals surface area contributed by atoms with Gasteiger partial charge in [0.1, 0.15) is 0 Å². The molecule has 0 spiro atoms. The molecular formula is C12H14BrN3S. The predicted molar refractivity (Wildman–Crippen MR) is 78.9 cm³/mol. The van der Waals surface area contributed by atoms with Crippen LogP contribution >= 0.6 is 27.7 Å². The Morgan fingerprint density at radius 2 is 2.24 bits per heavy atom. The van der Waals surface area contributed by atoms with Crippen LogP contribution in [0, 0.1) is 0 Å². The molecule has 0 atom stereocenters. The lowest BCUT2D eigenvalue weighted by Crippen LogP contribution is -2.22. The first kappa shape index (κ1) is 12.6. The summed E-state index contributed by atoms with van der Waals surface area (Å²) in [6.45, 7) is 0.955. The number of thioether (sulfide) groups is 1. The van der Waals surface area contributed by atoms with E-state index in [2.05, 4.69) is 37.1 Å². The normalized spacial score (nSPS) is 10.8. The molecule has 3 nitrogen and oxygen atoms in total. The van der Waals surface area contributed by atoms with Gasteiger partial charge in [-0.25, -0.2) is 9.97 Å². The fourth-order valence-corrected chi connectivity index (χ4v) is 2.45. The first-order valence-corrected chi connectivity index (χ1v) is 7.52. The van der Waals surface area contributed by atoms with E-state index in [9.17, 15) is 0 Å². The smallest absolute Gasteiger partial charge is 0.225 e. The third kappa shape index (κ3) is 2.90. The summed E-state index contributed by atoms with van der Waals surface area (Å²) in [4.78, 5) is 11.1. The average Bonchev–Trinajstić information content (AvgIpc) is 2.36. The first-order valence-electron chi connectivity index (χ1n) is 5.33. The van der Waals surface area contributed by atoms with Gasteiger partial charge in [0.15, 0.2) is 0 Å². The van der Waals surface area contributed by atoms with Gasteiger partial charge >= 0.3 is 0 Å². The highest BCUT2D eigenvalue weighted by atomic mass is 79.9. The number of anilines is 1. The lowest BCUT2D eigenvalue weighted by atomic mass is 10.2. The molecule has 5 heteroatoms. The Kier molecular flexibility index (Phi) is 4.23. The van der Waals surface area contributed by atoms with Crippen molar-refractivity contribution in [2.45, 2.75) is 0 Å². The van der Waals surface area contributed by atoms with Gasteiger partial charge in [-0.2, -0.15) is 11.8 Å². The molecule has 0 unspecified atom stereocenters. The summed E-state index contributed by atoms with van der Waals surface area (Å²) in [7, 11) is 2.02. The van der Waals surface area contributed by atoms with E-state index in [0.29, 0.717) is 0 Å². The summed E-state index contributed by atoms with van der Waals surface area (Å²) in [5.74, 6) is 1.85. The van der Waals surface area contributed by atoms with Gasteiger partial charge in [-0.05, 0) is 28.3 Å². The highest BCUT2D eigenvalue weighted by molar-refractivity contribution is 9.10. The molecule has 1 aromatic carbocycles. The number of hydrogen-bond donors (Lipinski definition) is 0. The first-order chi connectivity index (χ1) is 8.22. The van der Waals surface area contributed by atoms with Crippen molar-refractivity contribution in [2.75, 3.05) is 30.5 Å². The molecule has 0 saturated carbocycles. The van der Waals surface area contributed by atoms with E-state index in [4.69, 9.17) is 0 Å². The molecule has 2 rings (SSSR count). The Bertz CT molecular complexity index is 518. The summed E-state index contributed by atoms with van der Waals surface area (Å²) in [5.41, 5.74) is 0.966. The molecule has 0 saturated heterocycles. The van der Waals surface area contributed by atoms with Crippen molar-refractivity contribution in [3.8, 4) is 0 Å². The van der Waals surface area contributed by atoms with Crippen LogP contribution in [-0.4, -0.2) is 35.6 Å². The van der Waals surface area contributed by atoms with Gasteiger partial charge in [-0.1, -0.05) is 12.1 Å². The number of para-hydroxylation sites is 1. The van der Waals surface area contributed by atoms with Gasteiger partial charge in [0.25, 0.3) is 0 Å².